The Bertz CT molecular complexity index is 285. The van der Waals surface area contributed by atoms with Crippen LogP contribution < -0.4 is 0 Å². The first-order valence-electron chi connectivity index (χ1n) is 10.3. The highest BCUT2D eigenvalue weighted by atomic mass is 28.5. The smallest absolute Gasteiger partial charge is 0.390 e. The molecule has 0 aliphatic heterocycles. The van der Waals surface area contributed by atoms with Gasteiger partial charge in [-0.25, -0.2) is 0 Å². The number of hydrogen-bond acceptors (Lipinski definition) is 5. The zero-order valence-electron chi connectivity index (χ0n) is 16.8. The Morgan fingerprint density at radius 3 is 1.08 bits per heavy atom. The molecule has 0 atom stereocenters. The van der Waals surface area contributed by atoms with E-state index < -0.39 is 17.6 Å². The van der Waals surface area contributed by atoms with Crippen LogP contribution in [0.2, 0.25) is 12.1 Å². The molecule has 25 heavy (non-hydrogen) atoms. The van der Waals surface area contributed by atoms with Gasteiger partial charge in [0.1, 0.15) is 0 Å². The summed E-state index contributed by atoms with van der Waals surface area (Å²) in [5.74, 6) is 0.911. The molecule has 0 aliphatic carbocycles. The van der Waals surface area contributed by atoms with Crippen LogP contribution in [0, 0.1) is 11.8 Å². The van der Waals surface area contributed by atoms with E-state index in [4.69, 9.17) is 4.12 Å². The van der Waals surface area contributed by atoms with Crippen molar-refractivity contribution in [2.24, 2.45) is 11.8 Å². The van der Waals surface area contributed by atoms with Crippen LogP contribution in [0.5, 0.6) is 0 Å². The van der Waals surface area contributed by atoms with Gasteiger partial charge < -0.3 is 23.3 Å². The molecule has 0 amide bonds. The van der Waals surface area contributed by atoms with E-state index in [0.717, 1.165) is 51.4 Å². The summed E-state index contributed by atoms with van der Waals surface area (Å²) in [6.07, 6.45) is 9.92. The molecule has 0 saturated heterocycles. The molecule has 4 N–H and O–H groups in total. The average Bonchev–Trinajstić information content (AvgIpc) is 2.50. The minimum Gasteiger partial charge on any atom is -0.390 e. The molecule has 0 aromatic heterocycles. The first kappa shape index (κ1) is 25.2. The first-order chi connectivity index (χ1) is 11.7. The van der Waals surface area contributed by atoms with E-state index in [0.29, 0.717) is 24.7 Å². The van der Waals surface area contributed by atoms with Crippen molar-refractivity contribution in [3.63, 3.8) is 0 Å². The maximum absolute atomic E-state index is 10.2. The molecule has 152 valence electrons. The largest absolute Gasteiger partial charge is 0.488 e. The third kappa shape index (κ3) is 13.1. The Labute approximate surface area is 157 Å². The van der Waals surface area contributed by atoms with Gasteiger partial charge in [0.2, 0.25) is 0 Å². The van der Waals surface area contributed by atoms with Gasteiger partial charge in [0.25, 0.3) is 0 Å². The lowest BCUT2D eigenvalue weighted by atomic mass is 9.96. The van der Waals surface area contributed by atoms with Crippen LogP contribution in [0.3, 0.4) is 0 Å². The molecule has 0 heterocycles. The number of rotatable bonds is 16. The molecule has 0 aromatic carbocycles. The molecule has 0 saturated carbocycles. The van der Waals surface area contributed by atoms with Gasteiger partial charge in [-0.1, -0.05) is 79.1 Å². The van der Waals surface area contributed by atoms with Gasteiger partial charge in [-0.05, 0) is 24.7 Å². The first-order valence-corrected chi connectivity index (χ1v) is 14.3. The summed E-state index contributed by atoms with van der Waals surface area (Å²) in [5.41, 5.74) is 0. The van der Waals surface area contributed by atoms with E-state index in [-0.39, 0.29) is 12.1 Å². The van der Waals surface area contributed by atoms with E-state index >= 15 is 0 Å². The Morgan fingerprint density at radius 2 is 0.840 bits per heavy atom. The molecule has 0 rings (SSSR count). The van der Waals surface area contributed by atoms with Crippen molar-refractivity contribution in [1.82, 2.24) is 0 Å². The van der Waals surface area contributed by atoms with Crippen molar-refractivity contribution >= 4 is 17.6 Å². The van der Waals surface area contributed by atoms with Gasteiger partial charge in [-0.3, -0.25) is 0 Å². The maximum atomic E-state index is 10.2. The standard InChI is InChI=1S/C18H42O5Si2/c1-5-9-17(10-6-2)13-15-24(19,20)23-25(21,22)16-14-18(11-7-3)12-8-4/h17-22H,5-16H2,1-4H3. The average molecular weight is 395 g/mol. The predicted molar refractivity (Wildman–Crippen MR) is 107 cm³/mol. The Hall–Kier alpha value is 0.234. The van der Waals surface area contributed by atoms with Crippen LogP contribution in [0.25, 0.3) is 0 Å². The van der Waals surface area contributed by atoms with E-state index in [1.165, 1.54) is 0 Å². The van der Waals surface area contributed by atoms with Crippen molar-refractivity contribution in [3.05, 3.63) is 0 Å². The van der Waals surface area contributed by atoms with Gasteiger partial charge in [0, 0.05) is 12.1 Å². The topological polar surface area (TPSA) is 90.2 Å². The summed E-state index contributed by atoms with van der Waals surface area (Å²) in [6.45, 7) is 8.52. The summed E-state index contributed by atoms with van der Waals surface area (Å²) in [5, 5.41) is 0. The summed E-state index contributed by atoms with van der Waals surface area (Å²) in [7, 11) is -8.01. The molecular formula is C18H42O5Si2. The third-order valence-electron chi connectivity index (χ3n) is 4.87. The van der Waals surface area contributed by atoms with Gasteiger partial charge in [-0.15, -0.1) is 0 Å². The summed E-state index contributed by atoms with van der Waals surface area (Å²) < 4.78 is 5.14. The quantitative estimate of drug-likeness (QED) is 0.296. The molecule has 5 nitrogen and oxygen atoms in total. The highest BCUT2D eigenvalue weighted by Gasteiger charge is 2.45. The predicted octanol–water partition coefficient (Wildman–Crippen LogP) is 4.06. The van der Waals surface area contributed by atoms with E-state index in [2.05, 4.69) is 27.7 Å². The molecule has 0 fully saturated rings. The third-order valence-corrected chi connectivity index (χ3v) is 9.37. The monoisotopic (exact) mass is 394 g/mol. The minimum atomic E-state index is -4.01. The second kappa shape index (κ2) is 13.4. The highest BCUT2D eigenvalue weighted by Crippen LogP contribution is 2.26. The molecule has 0 bridgehead atoms. The highest BCUT2D eigenvalue weighted by molar-refractivity contribution is 6.72. The second-order valence-electron chi connectivity index (χ2n) is 7.55. The van der Waals surface area contributed by atoms with Crippen molar-refractivity contribution in [1.29, 1.82) is 0 Å². The number of hydrogen-bond donors (Lipinski definition) is 4. The lowest BCUT2D eigenvalue weighted by Crippen LogP contribution is -2.53. The van der Waals surface area contributed by atoms with Crippen molar-refractivity contribution < 1.29 is 23.3 Å². The van der Waals surface area contributed by atoms with Crippen LogP contribution in [-0.4, -0.2) is 36.8 Å². The fourth-order valence-corrected chi connectivity index (χ4v) is 8.13. The van der Waals surface area contributed by atoms with Crippen LogP contribution in [-0.2, 0) is 4.12 Å². The summed E-state index contributed by atoms with van der Waals surface area (Å²) in [6, 6.07) is 0.307. The van der Waals surface area contributed by atoms with Crippen molar-refractivity contribution in [2.75, 3.05) is 0 Å². The zero-order chi connectivity index (χ0) is 19.3. The van der Waals surface area contributed by atoms with Gasteiger partial charge in [0.15, 0.2) is 0 Å². The molecule has 0 spiro atoms. The van der Waals surface area contributed by atoms with E-state index in [1.807, 2.05) is 0 Å². The molecule has 0 aromatic rings. The molecular weight excluding hydrogens is 352 g/mol. The molecule has 7 heteroatoms. The van der Waals surface area contributed by atoms with Crippen LogP contribution >= 0.6 is 0 Å². The normalized spacial score (nSPS) is 13.2. The molecule has 0 aliphatic rings. The van der Waals surface area contributed by atoms with Gasteiger partial charge >= 0.3 is 17.6 Å². The zero-order valence-corrected chi connectivity index (χ0v) is 18.8. The lowest BCUT2D eigenvalue weighted by molar-refractivity contribution is 0.149. The van der Waals surface area contributed by atoms with E-state index in [1.54, 1.807) is 0 Å². The van der Waals surface area contributed by atoms with Crippen LogP contribution in [0.1, 0.15) is 91.9 Å². The van der Waals surface area contributed by atoms with Crippen LogP contribution in [0.15, 0.2) is 0 Å². The lowest BCUT2D eigenvalue weighted by Gasteiger charge is -2.28. The fraction of sp³-hybridized carbons (Fsp3) is 1.00. The summed E-state index contributed by atoms with van der Waals surface area (Å²) in [4.78, 5) is 40.8. The SMILES string of the molecule is CCCC(CCC)CC[Si](O)(O)O[Si](O)(O)CCC(CCC)CCC. The Kier molecular flexibility index (Phi) is 13.5. The minimum absolute atomic E-state index is 0.154. The Morgan fingerprint density at radius 1 is 0.560 bits per heavy atom. The van der Waals surface area contributed by atoms with Gasteiger partial charge in [0.05, 0.1) is 0 Å². The maximum Gasteiger partial charge on any atom is 0.488 e. The molecule has 0 radical (unpaired) electrons. The van der Waals surface area contributed by atoms with Crippen LogP contribution in [0.4, 0.5) is 0 Å². The van der Waals surface area contributed by atoms with Crippen molar-refractivity contribution in [3.8, 4) is 0 Å². The van der Waals surface area contributed by atoms with Gasteiger partial charge in [-0.2, -0.15) is 0 Å². The summed E-state index contributed by atoms with van der Waals surface area (Å²) >= 11 is 0. The van der Waals surface area contributed by atoms with Crippen molar-refractivity contribution in [2.45, 2.75) is 104 Å². The fourth-order valence-electron chi connectivity index (χ4n) is 3.65. The molecule has 0 unspecified atom stereocenters. The van der Waals surface area contributed by atoms with E-state index in [9.17, 15) is 19.2 Å². The Balaban J connectivity index is 4.46. The second-order valence-corrected chi connectivity index (χ2v) is 12.3.